The van der Waals surface area contributed by atoms with Gasteiger partial charge in [-0.05, 0) is 5.57 Å². The van der Waals surface area contributed by atoms with E-state index in [0.717, 1.165) is 11.3 Å². The van der Waals surface area contributed by atoms with E-state index < -0.39 is 12.0 Å². The summed E-state index contributed by atoms with van der Waals surface area (Å²) in [5, 5.41) is 11.5. The third kappa shape index (κ3) is 1.56. The highest BCUT2D eigenvalue weighted by molar-refractivity contribution is 5.80. The maximum Gasteiger partial charge on any atom is 0.326 e. The van der Waals surface area contributed by atoms with Crippen LogP contribution in [0.4, 0.5) is 0 Å². The molecule has 2 N–H and O–H groups in total. The Kier molecular flexibility index (Phi) is 2.14. The summed E-state index contributed by atoms with van der Waals surface area (Å²) in [6, 6.07) is -0.535. The lowest BCUT2D eigenvalue weighted by Crippen LogP contribution is -2.28. The smallest absolute Gasteiger partial charge is 0.326 e. The number of nitrogens with one attached hydrogen (secondary N) is 1. The van der Waals surface area contributed by atoms with Crippen LogP contribution in [-0.2, 0) is 4.79 Å². The largest absolute Gasteiger partial charge is 0.480 e. The molecule has 5 nitrogen and oxygen atoms in total. The van der Waals surface area contributed by atoms with Gasteiger partial charge in [-0.1, -0.05) is 0 Å². The summed E-state index contributed by atoms with van der Waals surface area (Å²) in [5.74, 6) is -0.847. The zero-order valence-electron chi connectivity index (χ0n) is 7.34. The minimum atomic E-state index is -0.847. The first-order chi connectivity index (χ1) is 6.77. The Morgan fingerprint density at radius 2 is 2.43 bits per heavy atom. The quantitative estimate of drug-likeness (QED) is 0.701. The van der Waals surface area contributed by atoms with Crippen LogP contribution in [0.15, 0.2) is 24.8 Å². The first kappa shape index (κ1) is 8.68. The fourth-order valence-corrected chi connectivity index (χ4v) is 1.34. The number of aliphatic carboxylic acids is 1. The van der Waals surface area contributed by atoms with Crippen LogP contribution in [0, 0.1) is 0 Å². The van der Waals surface area contributed by atoms with E-state index >= 15 is 0 Å². The molecule has 2 rings (SSSR count). The lowest BCUT2D eigenvalue weighted by atomic mass is 10.1. The molecule has 0 amide bonds. The molecule has 14 heavy (non-hydrogen) atoms. The van der Waals surface area contributed by atoms with Gasteiger partial charge in [0.15, 0.2) is 0 Å². The minimum Gasteiger partial charge on any atom is -0.480 e. The molecule has 1 aliphatic heterocycles. The summed E-state index contributed by atoms with van der Waals surface area (Å²) in [4.78, 5) is 18.7. The Morgan fingerprint density at radius 3 is 3.00 bits per heavy atom. The van der Waals surface area contributed by atoms with Crippen LogP contribution in [0.1, 0.15) is 12.1 Å². The highest BCUT2D eigenvalue weighted by atomic mass is 16.4. The Morgan fingerprint density at radius 1 is 1.57 bits per heavy atom. The molecule has 0 spiro atoms. The van der Waals surface area contributed by atoms with Crippen LogP contribution < -0.4 is 5.32 Å². The number of hydrogen-bond acceptors (Lipinski definition) is 4. The average Bonchev–Trinajstić information content (AvgIpc) is 2.68. The van der Waals surface area contributed by atoms with Crippen LogP contribution in [-0.4, -0.2) is 27.1 Å². The fourth-order valence-electron chi connectivity index (χ4n) is 1.34. The summed E-state index contributed by atoms with van der Waals surface area (Å²) in [6.07, 6.45) is 6.93. The first-order valence-electron chi connectivity index (χ1n) is 4.21. The number of hydrogen-bond donors (Lipinski definition) is 2. The normalized spacial score (nSPS) is 20.0. The monoisotopic (exact) mass is 191 g/mol. The first-order valence-corrected chi connectivity index (χ1v) is 4.21. The third-order valence-electron chi connectivity index (χ3n) is 2.07. The molecule has 0 fully saturated rings. The van der Waals surface area contributed by atoms with Crippen molar-refractivity contribution >= 4 is 11.5 Å². The third-order valence-corrected chi connectivity index (χ3v) is 2.07. The predicted octanol–water partition coefficient (Wildman–Crippen LogP) is 0.264. The van der Waals surface area contributed by atoms with Gasteiger partial charge in [0.1, 0.15) is 6.04 Å². The Balaban J connectivity index is 2.13. The maximum atomic E-state index is 10.6. The second-order valence-corrected chi connectivity index (χ2v) is 3.02. The highest BCUT2D eigenvalue weighted by Crippen LogP contribution is 2.21. The molecule has 0 saturated carbocycles. The molecule has 1 unspecified atom stereocenters. The second-order valence-electron chi connectivity index (χ2n) is 3.02. The lowest BCUT2D eigenvalue weighted by Gasteiger charge is -2.03. The molecule has 5 heteroatoms. The summed E-state index contributed by atoms with van der Waals surface area (Å²) in [6.45, 7) is 0. The van der Waals surface area contributed by atoms with E-state index in [1.54, 1.807) is 24.8 Å². The molecule has 1 aromatic heterocycles. The van der Waals surface area contributed by atoms with Gasteiger partial charge in [-0.25, -0.2) is 4.79 Å². The van der Waals surface area contributed by atoms with Crippen LogP contribution in [0.2, 0.25) is 0 Å². The van der Waals surface area contributed by atoms with Crippen molar-refractivity contribution in [3.8, 4) is 0 Å². The molecule has 0 saturated heterocycles. The minimum absolute atomic E-state index is 0.452. The number of nitrogens with zero attached hydrogens (tertiary/aromatic N) is 2. The molecule has 1 aliphatic rings. The van der Waals surface area contributed by atoms with E-state index in [2.05, 4.69) is 15.3 Å². The summed E-state index contributed by atoms with van der Waals surface area (Å²) in [7, 11) is 0. The van der Waals surface area contributed by atoms with Crippen molar-refractivity contribution in [3.63, 3.8) is 0 Å². The van der Waals surface area contributed by atoms with Crippen LogP contribution in [0.5, 0.6) is 0 Å². The van der Waals surface area contributed by atoms with Gasteiger partial charge in [0.25, 0.3) is 0 Å². The highest BCUT2D eigenvalue weighted by Gasteiger charge is 2.23. The Bertz CT molecular complexity index is 375. The van der Waals surface area contributed by atoms with Crippen molar-refractivity contribution in [2.45, 2.75) is 12.5 Å². The van der Waals surface area contributed by atoms with E-state index in [-0.39, 0.29) is 0 Å². The van der Waals surface area contributed by atoms with Crippen molar-refractivity contribution in [1.82, 2.24) is 15.3 Å². The number of carboxylic acid groups (broad SMARTS) is 1. The topological polar surface area (TPSA) is 75.1 Å². The Hall–Kier alpha value is -1.91. The molecule has 0 radical (unpaired) electrons. The molecule has 72 valence electrons. The number of carbonyl (C=O) groups is 1. The van der Waals surface area contributed by atoms with Gasteiger partial charge in [0.2, 0.25) is 0 Å². The van der Waals surface area contributed by atoms with Crippen molar-refractivity contribution in [3.05, 3.63) is 30.5 Å². The average molecular weight is 191 g/mol. The molecular weight excluding hydrogens is 182 g/mol. The number of rotatable bonds is 2. The van der Waals surface area contributed by atoms with E-state index in [9.17, 15) is 4.79 Å². The van der Waals surface area contributed by atoms with Gasteiger partial charge in [-0.15, -0.1) is 0 Å². The molecule has 1 atom stereocenters. The fraction of sp³-hybridized carbons (Fsp3) is 0.222. The van der Waals surface area contributed by atoms with Crippen LogP contribution in [0.25, 0.3) is 5.57 Å². The van der Waals surface area contributed by atoms with Gasteiger partial charge < -0.3 is 10.4 Å². The molecule has 0 bridgehead atoms. The predicted molar refractivity (Wildman–Crippen MR) is 49.2 cm³/mol. The standard InChI is InChI=1S/C9H9N3O2/c13-9(14)7-3-6(4-12-7)8-5-10-1-2-11-8/h1-2,4-5,7,12H,3H2,(H,13,14). The maximum absolute atomic E-state index is 10.6. The zero-order chi connectivity index (χ0) is 9.97. The van der Waals surface area contributed by atoms with Crippen LogP contribution >= 0.6 is 0 Å². The van der Waals surface area contributed by atoms with Crippen molar-refractivity contribution in [2.75, 3.05) is 0 Å². The van der Waals surface area contributed by atoms with Gasteiger partial charge >= 0.3 is 5.97 Å². The lowest BCUT2D eigenvalue weighted by molar-refractivity contribution is -0.138. The number of aromatic nitrogens is 2. The summed E-state index contributed by atoms with van der Waals surface area (Å²) >= 11 is 0. The van der Waals surface area contributed by atoms with E-state index in [1.807, 2.05) is 0 Å². The van der Waals surface area contributed by atoms with E-state index in [4.69, 9.17) is 5.11 Å². The van der Waals surface area contributed by atoms with Gasteiger partial charge in [0.05, 0.1) is 11.9 Å². The van der Waals surface area contributed by atoms with Gasteiger partial charge in [0, 0.05) is 25.0 Å². The van der Waals surface area contributed by atoms with Crippen molar-refractivity contribution < 1.29 is 9.90 Å². The van der Waals surface area contributed by atoms with Crippen molar-refractivity contribution in [2.24, 2.45) is 0 Å². The zero-order valence-corrected chi connectivity index (χ0v) is 7.34. The van der Waals surface area contributed by atoms with Crippen LogP contribution in [0.3, 0.4) is 0 Å². The molecule has 2 heterocycles. The van der Waals surface area contributed by atoms with Crippen molar-refractivity contribution in [1.29, 1.82) is 0 Å². The second kappa shape index (κ2) is 3.45. The summed E-state index contributed by atoms with van der Waals surface area (Å²) in [5.41, 5.74) is 1.61. The van der Waals surface area contributed by atoms with E-state index in [0.29, 0.717) is 6.42 Å². The number of carboxylic acids is 1. The van der Waals surface area contributed by atoms with Gasteiger partial charge in [-0.3, -0.25) is 9.97 Å². The van der Waals surface area contributed by atoms with E-state index in [1.165, 1.54) is 0 Å². The molecule has 1 aromatic rings. The Labute approximate surface area is 80.5 Å². The SMILES string of the molecule is O=C(O)C1CC(c2cnccn2)=CN1. The van der Waals surface area contributed by atoms with Gasteiger partial charge in [-0.2, -0.15) is 0 Å². The molecule has 0 aliphatic carbocycles. The molecular formula is C9H9N3O2. The summed E-state index contributed by atoms with van der Waals surface area (Å²) < 4.78 is 0. The molecule has 0 aromatic carbocycles.